The quantitative estimate of drug-likeness (QED) is 0.711. The second kappa shape index (κ2) is 8.06. The van der Waals surface area contributed by atoms with Crippen molar-refractivity contribution in [2.45, 2.75) is 24.3 Å². The van der Waals surface area contributed by atoms with E-state index >= 15 is 0 Å². The van der Waals surface area contributed by atoms with Crippen LogP contribution in [0.25, 0.3) is 22.0 Å². The Morgan fingerprint density at radius 2 is 2.00 bits per heavy atom. The highest BCUT2D eigenvalue weighted by molar-refractivity contribution is 5.86. The zero-order valence-corrected chi connectivity index (χ0v) is 18.0. The van der Waals surface area contributed by atoms with Crippen LogP contribution in [0.15, 0.2) is 54.7 Å². The fourth-order valence-electron chi connectivity index (χ4n) is 5.07. The van der Waals surface area contributed by atoms with Gasteiger partial charge in [0.2, 0.25) is 0 Å². The molecule has 5 rings (SSSR count). The van der Waals surface area contributed by atoms with Crippen molar-refractivity contribution in [3.05, 3.63) is 60.6 Å². The number of hydrogen-bond acceptors (Lipinski definition) is 5. The summed E-state index contributed by atoms with van der Waals surface area (Å²) in [6.07, 6.45) is 4.28. The maximum atomic E-state index is 5.11. The first kappa shape index (κ1) is 19.6. The van der Waals surface area contributed by atoms with Crippen LogP contribution in [0.5, 0.6) is 0 Å². The van der Waals surface area contributed by atoms with Gasteiger partial charge in [-0.3, -0.25) is 0 Å². The van der Waals surface area contributed by atoms with Crippen molar-refractivity contribution in [1.82, 2.24) is 25.1 Å². The summed E-state index contributed by atoms with van der Waals surface area (Å²) in [5, 5.41) is 6.10. The second-order valence-corrected chi connectivity index (χ2v) is 9.18. The molecule has 0 unspecified atom stereocenters. The largest absolute Gasteiger partial charge is 0.316 e. The molecule has 2 aliphatic rings. The van der Waals surface area contributed by atoms with Gasteiger partial charge in [-0.1, -0.05) is 36.4 Å². The molecule has 2 aromatic carbocycles. The van der Waals surface area contributed by atoms with E-state index in [1.807, 2.05) is 12.3 Å². The fourth-order valence-corrected chi connectivity index (χ4v) is 5.07. The number of likely N-dealkylation sites (N-methyl/N-ethyl adjacent to an activating group) is 1. The molecular formula is C25H31N5. The van der Waals surface area contributed by atoms with Gasteiger partial charge in [0, 0.05) is 37.4 Å². The van der Waals surface area contributed by atoms with Crippen LogP contribution in [0.3, 0.4) is 0 Å². The van der Waals surface area contributed by atoms with Gasteiger partial charge in [0.25, 0.3) is 0 Å². The van der Waals surface area contributed by atoms with Crippen molar-refractivity contribution < 1.29 is 0 Å². The summed E-state index contributed by atoms with van der Waals surface area (Å²) >= 11 is 0. The Morgan fingerprint density at radius 3 is 2.77 bits per heavy atom. The highest BCUT2D eigenvalue weighted by atomic mass is 15.2. The van der Waals surface area contributed by atoms with E-state index in [1.54, 1.807) is 0 Å². The van der Waals surface area contributed by atoms with E-state index in [-0.39, 0.29) is 5.41 Å². The van der Waals surface area contributed by atoms with Crippen molar-refractivity contribution in [2.75, 3.05) is 46.8 Å². The Kier molecular flexibility index (Phi) is 5.27. The number of likely N-dealkylation sites (tertiary alicyclic amines) is 1. The van der Waals surface area contributed by atoms with E-state index < -0.39 is 0 Å². The molecule has 2 aliphatic heterocycles. The molecule has 2 saturated heterocycles. The first-order chi connectivity index (χ1) is 14.6. The molecule has 0 saturated carbocycles. The van der Waals surface area contributed by atoms with Gasteiger partial charge >= 0.3 is 0 Å². The third kappa shape index (κ3) is 3.73. The van der Waals surface area contributed by atoms with Crippen LogP contribution in [-0.2, 0) is 5.41 Å². The molecule has 0 radical (unpaired) electrons. The molecule has 30 heavy (non-hydrogen) atoms. The molecule has 5 nitrogen and oxygen atoms in total. The van der Waals surface area contributed by atoms with Gasteiger partial charge in [0.1, 0.15) is 5.82 Å². The Balaban J connectivity index is 1.44. The molecule has 3 heterocycles. The smallest absolute Gasteiger partial charge is 0.137 e. The van der Waals surface area contributed by atoms with Gasteiger partial charge in [-0.2, -0.15) is 0 Å². The van der Waals surface area contributed by atoms with E-state index in [1.165, 1.54) is 17.2 Å². The molecule has 1 N–H and O–H groups in total. The van der Waals surface area contributed by atoms with E-state index in [2.05, 4.69) is 71.7 Å². The highest BCUT2D eigenvalue weighted by Crippen LogP contribution is 2.32. The van der Waals surface area contributed by atoms with Gasteiger partial charge in [-0.05, 0) is 62.9 Å². The van der Waals surface area contributed by atoms with Crippen molar-refractivity contribution in [2.24, 2.45) is 0 Å². The molecule has 0 aliphatic carbocycles. The minimum Gasteiger partial charge on any atom is -0.316 e. The number of aromatic nitrogens is 2. The molecule has 0 spiro atoms. The van der Waals surface area contributed by atoms with Gasteiger partial charge in [0.15, 0.2) is 0 Å². The van der Waals surface area contributed by atoms with E-state index in [0.29, 0.717) is 6.04 Å². The first-order valence-electron chi connectivity index (χ1n) is 11.1. The van der Waals surface area contributed by atoms with Crippen molar-refractivity contribution in [1.29, 1.82) is 0 Å². The summed E-state index contributed by atoms with van der Waals surface area (Å²) in [6.45, 7) is 5.32. The summed E-state index contributed by atoms with van der Waals surface area (Å²) in [7, 11) is 4.38. The number of fused-ring (bicyclic) bond motifs is 1. The summed E-state index contributed by atoms with van der Waals surface area (Å²) in [4.78, 5) is 14.9. The maximum absolute atomic E-state index is 5.11. The number of benzene rings is 2. The van der Waals surface area contributed by atoms with Crippen molar-refractivity contribution in [3.8, 4) is 11.3 Å². The van der Waals surface area contributed by atoms with Gasteiger partial charge < -0.3 is 15.1 Å². The van der Waals surface area contributed by atoms with Crippen LogP contribution >= 0.6 is 0 Å². The molecule has 3 aromatic rings. The predicted octanol–water partition coefficient (Wildman–Crippen LogP) is 3.16. The number of nitrogens with zero attached hydrogens (tertiary/aromatic N) is 4. The third-order valence-electron chi connectivity index (χ3n) is 6.92. The zero-order chi connectivity index (χ0) is 20.6. The van der Waals surface area contributed by atoms with Crippen molar-refractivity contribution in [3.63, 3.8) is 0 Å². The Labute approximate surface area is 179 Å². The lowest BCUT2D eigenvalue weighted by Crippen LogP contribution is -2.44. The molecule has 0 amide bonds. The molecule has 156 valence electrons. The van der Waals surface area contributed by atoms with Crippen LogP contribution in [0, 0.1) is 0 Å². The molecule has 0 bridgehead atoms. The van der Waals surface area contributed by atoms with Crippen LogP contribution in [0.4, 0.5) is 0 Å². The Morgan fingerprint density at radius 1 is 1.13 bits per heavy atom. The second-order valence-electron chi connectivity index (χ2n) is 9.18. The van der Waals surface area contributed by atoms with Crippen LogP contribution in [-0.4, -0.2) is 72.6 Å². The summed E-state index contributed by atoms with van der Waals surface area (Å²) < 4.78 is 0. The molecule has 1 aromatic heterocycles. The minimum atomic E-state index is -0.00589. The zero-order valence-electron chi connectivity index (χ0n) is 18.0. The van der Waals surface area contributed by atoms with Gasteiger partial charge in [0.05, 0.1) is 11.1 Å². The average Bonchev–Trinajstić information content (AvgIpc) is 3.44. The average molecular weight is 402 g/mol. The highest BCUT2D eigenvalue weighted by Gasteiger charge is 2.41. The molecule has 5 heteroatoms. The lowest BCUT2D eigenvalue weighted by atomic mass is 9.85. The van der Waals surface area contributed by atoms with Crippen LogP contribution in [0.1, 0.15) is 18.7 Å². The van der Waals surface area contributed by atoms with Gasteiger partial charge in [-0.25, -0.2) is 9.97 Å². The van der Waals surface area contributed by atoms with E-state index in [9.17, 15) is 0 Å². The SMILES string of the molecule is CN(C)[C@H]1CCN(C[C@]2(c3nccc(-c4ccc5ccccc5c4)n3)CCNC2)C1. The Hall–Kier alpha value is -2.34. The lowest BCUT2D eigenvalue weighted by Gasteiger charge is -2.32. The van der Waals surface area contributed by atoms with E-state index in [0.717, 1.165) is 56.2 Å². The lowest BCUT2D eigenvalue weighted by molar-refractivity contribution is 0.223. The Bertz CT molecular complexity index is 1020. The van der Waals surface area contributed by atoms with Crippen LogP contribution < -0.4 is 5.32 Å². The number of nitrogens with one attached hydrogen (secondary N) is 1. The van der Waals surface area contributed by atoms with Crippen LogP contribution in [0.2, 0.25) is 0 Å². The molecule has 2 atom stereocenters. The summed E-state index contributed by atoms with van der Waals surface area (Å²) in [6, 6.07) is 17.8. The summed E-state index contributed by atoms with van der Waals surface area (Å²) in [5.74, 6) is 0.992. The number of hydrogen-bond donors (Lipinski definition) is 1. The molecular weight excluding hydrogens is 370 g/mol. The van der Waals surface area contributed by atoms with Gasteiger partial charge in [-0.15, -0.1) is 0 Å². The fraction of sp³-hybridized carbons (Fsp3) is 0.440. The molecule has 2 fully saturated rings. The standard InChI is InChI=1S/C25H31N5/c1-29(2)22-10-14-30(16-22)18-25(11-13-26-17-25)24-27-12-9-23(28-24)21-8-7-19-5-3-4-6-20(19)15-21/h3-9,12,15,22,26H,10-11,13-14,16-18H2,1-2H3/t22-,25-/m0/s1. The predicted molar refractivity (Wildman–Crippen MR) is 123 cm³/mol. The minimum absolute atomic E-state index is 0.00589. The maximum Gasteiger partial charge on any atom is 0.137 e. The van der Waals surface area contributed by atoms with E-state index in [4.69, 9.17) is 9.97 Å². The topological polar surface area (TPSA) is 44.3 Å². The first-order valence-corrected chi connectivity index (χ1v) is 11.1. The van der Waals surface area contributed by atoms with Crippen molar-refractivity contribution >= 4 is 10.8 Å². The summed E-state index contributed by atoms with van der Waals surface area (Å²) in [5.41, 5.74) is 2.17. The third-order valence-corrected chi connectivity index (χ3v) is 6.92. The monoisotopic (exact) mass is 401 g/mol. The normalized spacial score (nSPS) is 24.8. The number of rotatable bonds is 5.